The van der Waals surface area contributed by atoms with E-state index in [-0.39, 0.29) is 5.91 Å². The third-order valence-electron chi connectivity index (χ3n) is 3.46. The lowest BCUT2D eigenvalue weighted by Gasteiger charge is -2.08. The molecule has 22 heavy (non-hydrogen) atoms. The molecule has 1 heterocycles. The highest BCUT2D eigenvalue weighted by Crippen LogP contribution is 2.19. The minimum atomic E-state index is -0.0664. The Balaban J connectivity index is 1.75. The maximum atomic E-state index is 12.2. The van der Waals surface area contributed by atoms with E-state index in [0.717, 1.165) is 16.3 Å². The zero-order valence-corrected chi connectivity index (χ0v) is 12.2. The lowest BCUT2D eigenvalue weighted by atomic mass is 10.0. The molecule has 3 aromatic rings. The molecule has 0 bridgehead atoms. The summed E-state index contributed by atoms with van der Waals surface area (Å²) in [7, 11) is 1.56. The molecule has 0 aliphatic carbocycles. The lowest BCUT2D eigenvalue weighted by molar-refractivity contribution is -0.115. The summed E-state index contributed by atoms with van der Waals surface area (Å²) in [5, 5.41) is 5.09. The van der Waals surface area contributed by atoms with Gasteiger partial charge in [-0.2, -0.15) is 0 Å². The van der Waals surface area contributed by atoms with E-state index in [4.69, 9.17) is 4.74 Å². The van der Waals surface area contributed by atoms with Gasteiger partial charge in [-0.05, 0) is 22.4 Å². The SMILES string of the molecule is COc1ccc(NC(=O)Cc2cccc3ccccc23)cn1. The largest absolute Gasteiger partial charge is 0.481 e. The summed E-state index contributed by atoms with van der Waals surface area (Å²) in [4.78, 5) is 16.3. The molecule has 0 radical (unpaired) electrons. The van der Waals surface area contributed by atoms with E-state index in [9.17, 15) is 4.79 Å². The summed E-state index contributed by atoms with van der Waals surface area (Å²) in [6.45, 7) is 0. The molecule has 110 valence electrons. The zero-order chi connectivity index (χ0) is 15.4. The van der Waals surface area contributed by atoms with Gasteiger partial charge in [-0.1, -0.05) is 42.5 Å². The quantitative estimate of drug-likeness (QED) is 0.801. The summed E-state index contributed by atoms with van der Waals surface area (Å²) >= 11 is 0. The van der Waals surface area contributed by atoms with Crippen LogP contribution in [-0.4, -0.2) is 18.0 Å². The van der Waals surface area contributed by atoms with Crippen molar-refractivity contribution in [1.82, 2.24) is 4.98 Å². The lowest BCUT2D eigenvalue weighted by Crippen LogP contribution is -2.14. The number of aromatic nitrogens is 1. The average molecular weight is 292 g/mol. The highest BCUT2D eigenvalue weighted by atomic mass is 16.5. The fraction of sp³-hybridized carbons (Fsp3) is 0.111. The van der Waals surface area contributed by atoms with Crippen molar-refractivity contribution in [2.45, 2.75) is 6.42 Å². The van der Waals surface area contributed by atoms with Crippen LogP contribution in [0.5, 0.6) is 5.88 Å². The van der Waals surface area contributed by atoms with Gasteiger partial charge in [0.25, 0.3) is 0 Å². The van der Waals surface area contributed by atoms with Gasteiger partial charge in [-0.15, -0.1) is 0 Å². The van der Waals surface area contributed by atoms with Crippen LogP contribution in [0.4, 0.5) is 5.69 Å². The molecular weight excluding hydrogens is 276 g/mol. The van der Waals surface area contributed by atoms with Crippen molar-refractivity contribution in [3.05, 3.63) is 66.4 Å². The van der Waals surface area contributed by atoms with Gasteiger partial charge in [-0.3, -0.25) is 4.79 Å². The molecule has 0 saturated carbocycles. The van der Waals surface area contributed by atoms with Gasteiger partial charge in [0.05, 0.1) is 25.4 Å². The van der Waals surface area contributed by atoms with Crippen LogP contribution in [-0.2, 0) is 11.2 Å². The second-order valence-corrected chi connectivity index (χ2v) is 4.95. The molecule has 0 aliphatic rings. The predicted octanol–water partition coefficient (Wildman–Crippen LogP) is 3.42. The van der Waals surface area contributed by atoms with Crippen LogP contribution >= 0.6 is 0 Å². The first-order valence-corrected chi connectivity index (χ1v) is 7.03. The second-order valence-electron chi connectivity index (χ2n) is 4.95. The Kier molecular flexibility index (Phi) is 4.01. The Morgan fingerprint density at radius 3 is 2.68 bits per heavy atom. The van der Waals surface area contributed by atoms with Gasteiger partial charge in [0.15, 0.2) is 0 Å². The monoisotopic (exact) mass is 292 g/mol. The van der Waals surface area contributed by atoms with E-state index < -0.39 is 0 Å². The number of ether oxygens (including phenoxy) is 1. The van der Waals surface area contributed by atoms with Crippen LogP contribution in [0.25, 0.3) is 10.8 Å². The van der Waals surface area contributed by atoms with Crippen molar-refractivity contribution in [3.63, 3.8) is 0 Å². The van der Waals surface area contributed by atoms with E-state index in [2.05, 4.69) is 10.3 Å². The maximum Gasteiger partial charge on any atom is 0.228 e. The van der Waals surface area contributed by atoms with Crippen molar-refractivity contribution in [3.8, 4) is 5.88 Å². The number of benzene rings is 2. The predicted molar refractivity (Wildman–Crippen MR) is 87.1 cm³/mol. The summed E-state index contributed by atoms with van der Waals surface area (Å²) in [6, 6.07) is 17.5. The number of carbonyl (C=O) groups is 1. The van der Waals surface area contributed by atoms with Gasteiger partial charge in [0, 0.05) is 6.07 Å². The van der Waals surface area contributed by atoms with Crippen molar-refractivity contribution in [1.29, 1.82) is 0 Å². The summed E-state index contributed by atoms with van der Waals surface area (Å²) in [6.07, 6.45) is 1.91. The molecule has 4 nitrogen and oxygen atoms in total. The number of nitrogens with zero attached hydrogens (tertiary/aromatic N) is 1. The van der Waals surface area contributed by atoms with E-state index >= 15 is 0 Å². The third-order valence-corrected chi connectivity index (χ3v) is 3.46. The van der Waals surface area contributed by atoms with E-state index in [1.54, 1.807) is 25.4 Å². The van der Waals surface area contributed by atoms with Gasteiger partial charge in [0.2, 0.25) is 11.8 Å². The number of methoxy groups -OCH3 is 1. The molecule has 1 amide bonds. The normalized spacial score (nSPS) is 10.4. The van der Waals surface area contributed by atoms with Crippen LogP contribution < -0.4 is 10.1 Å². The van der Waals surface area contributed by atoms with E-state index in [0.29, 0.717) is 18.0 Å². The van der Waals surface area contributed by atoms with Crippen LogP contribution in [0, 0.1) is 0 Å². The topological polar surface area (TPSA) is 51.2 Å². The Hall–Kier alpha value is -2.88. The molecule has 3 rings (SSSR count). The standard InChI is InChI=1S/C18H16N2O2/c1-22-18-10-9-15(12-19-18)20-17(21)11-14-7-4-6-13-5-2-3-8-16(13)14/h2-10,12H,11H2,1H3,(H,20,21). The maximum absolute atomic E-state index is 12.2. The minimum Gasteiger partial charge on any atom is -0.481 e. The number of hydrogen-bond donors (Lipinski definition) is 1. The van der Waals surface area contributed by atoms with Crippen molar-refractivity contribution >= 4 is 22.4 Å². The van der Waals surface area contributed by atoms with Crippen LogP contribution in [0.2, 0.25) is 0 Å². The van der Waals surface area contributed by atoms with Gasteiger partial charge in [-0.25, -0.2) is 4.98 Å². The Morgan fingerprint density at radius 1 is 1.09 bits per heavy atom. The molecule has 0 saturated heterocycles. The summed E-state index contributed by atoms with van der Waals surface area (Å²) in [5.74, 6) is 0.454. The highest BCUT2D eigenvalue weighted by Gasteiger charge is 2.07. The molecular formula is C18H16N2O2. The number of nitrogens with one attached hydrogen (secondary N) is 1. The van der Waals surface area contributed by atoms with Crippen molar-refractivity contribution < 1.29 is 9.53 Å². The number of pyridine rings is 1. The van der Waals surface area contributed by atoms with Crippen molar-refractivity contribution in [2.75, 3.05) is 12.4 Å². The van der Waals surface area contributed by atoms with E-state index in [1.165, 1.54) is 0 Å². The molecule has 0 aliphatic heterocycles. The first-order valence-electron chi connectivity index (χ1n) is 7.03. The molecule has 0 atom stereocenters. The smallest absolute Gasteiger partial charge is 0.228 e. The first kappa shape index (κ1) is 14.1. The number of rotatable bonds is 4. The molecule has 1 aromatic heterocycles. The Labute approximate surface area is 128 Å². The van der Waals surface area contributed by atoms with Crippen LogP contribution in [0.1, 0.15) is 5.56 Å². The zero-order valence-electron chi connectivity index (χ0n) is 12.2. The molecule has 4 heteroatoms. The van der Waals surface area contributed by atoms with Crippen LogP contribution in [0.3, 0.4) is 0 Å². The fourth-order valence-electron chi connectivity index (χ4n) is 2.40. The molecule has 2 aromatic carbocycles. The fourth-order valence-corrected chi connectivity index (χ4v) is 2.40. The minimum absolute atomic E-state index is 0.0664. The number of hydrogen-bond acceptors (Lipinski definition) is 3. The van der Waals surface area contributed by atoms with E-state index in [1.807, 2.05) is 42.5 Å². The molecule has 0 fully saturated rings. The average Bonchev–Trinajstić information content (AvgIpc) is 2.56. The van der Waals surface area contributed by atoms with Crippen LogP contribution in [0.15, 0.2) is 60.8 Å². The van der Waals surface area contributed by atoms with Gasteiger partial charge in [0.1, 0.15) is 0 Å². The Morgan fingerprint density at radius 2 is 1.91 bits per heavy atom. The number of fused-ring (bicyclic) bond motifs is 1. The van der Waals surface area contributed by atoms with Gasteiger partial charge >= 0.3 is 0 Å². The number of carbonyl (C=O) groups excluding carboxylic acids is 1. The number of amides is 1. The first-order chi connectivity index (χ1) is 10.8. The summed E-state index contributed by atoms with van der Waals surface area (Å²) < 4.78 is 4.99. The summed E-state index contributed by atoms with van der Waals surface area (Å²) in [5.41, 5.74) is 1.67. The number of anilines is 1. The van der Waals surface area contributed by atoms with Gasteiger partial charge < -0.3 is 10.1 Å². The van der Waals surface area contributed by atoms with Crippen molar-refractivity contribution in [2.24, 2.45) is 0 Å². The second kappa shape index (κ2) is 6.26. The molecule has 0 spiro atoms. The molecule has 1 N–H and O–H groups in total. The molecule has 0 unspecified atom stereocenters. The third kappa shape index (κ3) is 3.06. The highest BCUT2D eigenvalue weighted by molar-refractivity contribution is 5.96. The Bertz CT molecular complexity index is 792.